The van der Waals surface area contributed by atoms with E-state index in [0.717, 1.165) is 37.3 Å². The maximum atomic E-state index is 5.93. The second-order valence-corrected chi connectivity index (χ2v) is 5.48. The summed E-state index contributed by atoms with van der Waals surface area (Å²) in [7, 11) is 0. The van der Waals surface area contributed by atoms with Crippen molar-refractivity contribution >= 4 is 17.4 Å². The summed E-state index contributed by atoms with van der Waals surface area (Å²) in [6, 6.07) is 1.95. The van der Waals surface area contributed by atoms with Crippen LogP contribution in [-0.2, 0) is 4.74 Å². The minimum Gasteiger partial charge on any atom is -0.360 e. The van der Waals surface area contributed by atoms with Crippen LogP contribution in [0.4, 0.5) is 5.82 Å². The van der Waals surface area contributed by atoms with Crippen LogP contribution in [0.5, 0.6) is 0 Å². The van der Waals surface area contributed by atoms with Crippen molar-refractivity contribution in [3.05, 3.63) is 22.8 Å². The van der Waals surface area contributed by atoms with Gasteiger partial charge in [-0.25, -0.2) is 4.98 Å². The van der Waals surface area contributed by atoms with E-state index in [4.69, 9.17) is 22.1 Å². The number of nitrogens with zero attached hydrogens (tertiary/aromatic N) is 2. The molecule has 1 aromatic rings. The van der Waals surface area contributed by atoms with Crippen molar-refractivity contribution in [2.75, 3.05) is 24.7 Å². The van der Waals surface area contributed by atoms with E-state index in [1.165, 1.54) is 0 Å². The number of pyridine rings is 1. The molecular formula is C13H20ClN3O. The smallest absolute Gasteiger partial charge is 0.131 e. The molecule has 0 radical (unpaired) electrons. The van der Waals surface area contributed by atoms with E-state index in [2.05, 4.69) is 16.8 Å². The summed E-state index contributed by atoms with van der Waals surface area (Å²) in [6.07, 6.45) is 3.63. The summed E-state index contributed by atoms with van der Waals surface area (Å²) in [5, 5.41) is 0.685. The SMILES string of the molecule is Cc1cc(Cl)cnc1N1CCC(C)(OCN)CC1. The number of aryl methyl sites for hydroxylation is 1. The van der Waals surface area contributed by atoms with Gasteiger partial charge in [-0.15, -0.1) is 0 Å². The van der Waals surface area contributed by atoms with Crippen LogP contribution in [0.25, 0.3) is 0 Å². The molecule has 1 aliphatic heterocycles. The van der Waals surface area contributed by atoms with Gasteiger partial charge in [0.25, 0.3) is 0 Å². The number of nitrogens with two attached hydrogens (primary N) is 1. The van der Waals surface area contributed by atoms with Gasteiger partial charge in [-0.3, -0.25) is 0 Å². The fraction of sp³-hybridized carbons (Fsp3) is 0.615. The summed E-state index contributed by atoms with van der Waals surface area (Å²) in [6.45, 7) is 6.32. The number of anilines is 1. The van der Waals surface area contributed by atoms with Gasteiger partial charge in [-0.1, -0.05) is 11.6 Å². The van der Waals surface area contributed by atoms with E-state index in [1.54, 1.807) is 6.20 Å². The van der Waals surface area contributed by atoms with E-state index in [0.29, 0.717) is 5.02 Å². The number of hydrogen-bond donors (Lipinski definition) is 1. The summed E-state index contributed by atoms with van der Waals surface area (Å²) in [5.74, 6) is 1.02. The van der Waals surface area contributed by atoms with Crippen molar-refractivity contribution in [1.82, 2.24) is 4.98 Å². The first-order valence-corrected chi connectivity index (χ1v) is 6.63. The average Bonchev–Trinajstić information content (AvgIpc) is 2.31. The van der Waals surface area contributed by atoms with E-state index < -0.39 is 0 Å². The second kappa shape index (κ2) is 5.43. The van der Waals surface area contributed by atoms with Crippen molar-refractivity contribution in [2.24, 2.45) is 5.73 Å². The number of piperidine rings is 1. The summed E-state index contributed by atoms with van der Waals surface area (Å²) in [4.78, 5) is 6.71. The molecular weight excluding hydrogens is 250 g/mol. The molecule has 0 atom stereocenters. The van der Waals surface area contributed by atoms with Crippen molar-refractivity contribution < 1.29 is 4.74 Å². The van der Waals surface area contributed by atoms with Crippen LogP contribution in [0.3, 0.4) is 0 Å². The van der Waals surface area contributed by atoms with Crippen LogP contribution < -0.4 is 10.6 Å². The zero-order valence-corrected chi connectivity index (χ0v) is 11.7. The van der Waals surface area contributed by atoms with Gasteiger partial charge in [-0.05, 0) is 38.3 Å². The molecule has 100 valence electrons. The van der Waals surface area contributed by atoms with Crippen LogP contribution >= 0.6 is 11.6 Å². The molecule has 1 aliphatic rings. The van der Waals surface area contributed by atoms with Gasteiger partial charge in [0, 0.05) is 19.3 Å². The molecule has 5 heteroatoms. The first-order chi connectivity index (χ1) is 8.54. The minimum absolute atomic E-state index is 0.0917. The Morgan fingerprint density at radius 2 is 2.17 bits per heavy atom. The largest absolute Gasteiger partial charge is 0.360 e. The van der Waals surface area contributed by atoms with E-state index in [-0.39, 0.29) is 12.3 Å². The third kappa shape index (κ3) is 2.94. The fourth-order valence-electron chi connectivity index (χ4n) is 2.40. The molecule has 0 saturated carbocycles. The lowest BCUT2D eigenvalue weighted by molar-refractivity contribution is -0.0448. The van der Waals surface area contributed by atoms with Crippen molar-refractivity contribution in [1.29, 1.82) is 0 Å². The van der Waals surface area contributed by atoms with Gasteiger partial charge in [0.2, 0.25) is 0 Å². The average molecular weight is 270 g/mol. The Labute approximate surface area is 113 Å². The van der Waals surface area contributed by atoms with Gasteiger partial charge in [0.05, 0.1) is 17.4 Å². The molecule has 4 nitrogen and oxygen atoms in total. The lowest BCUT2D eigenvalue weighted by Gasteiger charge is -2.39. The van der Waals surface area contributed by atoms with Crippen molar-refractivity contribution in [3.8, 4) is 0 Å². The number of aromatic nitrogens is 1. The molecule has 0 unspecified atom stereocenters. The highest BCUT2D eigenvalue weighted by Gasteiger charge is 2.31. The maximum Gasteiger partial charge on any atom is 0.131 e. The van der Waals surface area contributed by atoms with Crippen LogP contribution in [0.1, 0.15) is 25.3 Å². The zero-order chi connectivity index (χ0) is 13.2. The number of ether oxygens (including phenoxy) is 1. The standard InChI is InChI=1S/C13H20ClN3O/c1-10-7-11(14)8-16-12(10)17-5-3-13(2,4-6-17)18-9-15/h7-8H,3-6,9,15H2,1-2H3. The monoisotopic (exact) mass is 269 g/mol. The number of rotatable bonds is 3. The van der Waals surface area contributed by atoms with Crippen molar-refractivity contribution in [2.45, 2.75) is 32.3 Å². The van der Waals surface area contributed by atoms with Gasteiger partial charge in [0.1, 0.15) is 5.82 Å². The second-order valence-electron chi connectivity index (χ2n) is 5.04. The highest BCUT2D eigenvalue weighted by molar-refractivity contribution is 6.30. The molecule has 0 aliphatic carbocycles. The van der Waals surface area contributed by atoms with Crippen LogP contribution in [0, 0.1) is 6.92 Å². The van der Waals surface area contributed by atoms with Gasteiger partial charge in [0.15, 0.2) is 0 Å². The molecule has 1 fully saturated rings. The Balaban J connectivity index is 2.05. The van der Waals surface area contributed by atoms with Crippen LogP contribution in [0.2, 0.25) is 5.02 Å². The number of hydrogen-bond acceptors (Lipinski definition) is 4. The fourth-order valence-corrected chi connectivity index (χ4v) is 2.61. The maximum absolute atomic E-state index is 5.93. The molecule has 0 bridgehead atoms. The molecule has 1 saturated heterocycles. The Bertz CT molecular complexity index is 417. The molecule has 18 heavy (non-hydrogen) atoms. The molecule has 0 amide bonds. The zero-order valence-electron chi connectivity index (χ0n) is 10.9. The van der Waals surface area contributed by atoms with Gasteiger partial charge >= 0.3 is 0 Å². The normalized spacial score (nSPS) is 19.0. The molecule has 0 aromatic carbocycles. The first kappa shape index (κ1) is 13.6. The van der Waals surface area contributed by atoms with Gasteiger partial charge < -0.3 is 15.4 Å². The van der Waals surface area contributed by atoms with E-state index >= 15 is 0 Å². The third-order valence-electron chi connectivity index (χ3n) is 3.57. The predicted molar refractivity (Wildman–Crippen MR) is 74.0 cm³/mol. The third-order valence-corrected chi connectivity index (χ3v) is 3.78. The molecule has 1 aromatic heterocycles. The highest BCUT2D eigenvalue weighted by Crippen LogP contribution is 2.29. The Hall–Kier alpha value is -0.840. The minimum atomic E-state index is -0.0917. The summed E-state index contributed by atoms with van der Waals surface area (Å²) >= 11 is 5.93. The van der Waals surface area contributed by atoms with Crippen LogP contribution in [-0.4, -0.2) is 30.4 Å². The first-order valence-electron chi connectivity index (χ1n) is 6.25. The van der Waals surface area contributed by atoms with Gasteiger partial charge in [-0.2, -0.15) is 0 Å². The summed E-state index contributed by atoms with van der Waals surface area (Å²) in [5.41, 5.74) is 6.49. The van der Waals surface area contributed by atoms with E-state index in [9.17, 15) is 0 Å². The lowest BCUT2D eigenvalue weighted by atomic mass is 9.93. The Morgan fingerprint density at radius 3 is 2.72 bits per heavy atom. The Morgan fingerprint density at radius 1 is 1.50 bits per heavy atom. The molecule has 2 heterocycles. The Kier molecular flexibility index (Phi) is 4.10. The van der Waals surface area contributed by atoms with Crippen LogP contribution in [0.15, 0.2) is 12.3 Å². The van der Waals surface area contributed by atoms with E-state index in [1.807, 2.05) is 13.0 Å². The number of halogens is 1. The predicted octanol–water partition coefficient (Wildman–Crippen LogP) is 2.34. The quantitative estimate of drug-likeness (QED) is 0.856. The molecule has 2 N–H and O–H groups in total. The molecule has 0 spiro atoms. The molecule has 2 rings (SSSR count). The van der Waals surface area contributed by atoms with Crippen molar-refractivity contribution in [3.63, 3.8) is 0 Å². The highest BCUT2D eigenvalue weighted by atomic mass is 35.5. The summed E-state index contributed by atoms with van der Waals surface area (Å²) < 4.78 is 5.61. The topological polar surface area (TPSA) is 51.4 Å². The lowest BCUT2D eigenvalue weighted by Crippen LogP contribution is -2.45.